The molecule has 1 atom stereocenters. The molecule has 10 heteroatoms. The number of fused-ring (bicyclic) bond motifs is 1. The minimum atomic E-state index is -0.880. The summed E-state index contributed by atoms with van der Waals surface area (Å²) in [5.41, 5.74) is 13.4. The van der Waals surface area contributed by atoms with Crippen LogP contribution in [0.1, 0.15) is 24.0 Å². The third-order valence-corrected chi connectivity index (χ3v) is 4.41. The van der Waals surface area contributed by atoms with Crippen molar-refractivity contribution in [3.63, 3.8) is 0 Å². The van der Waals surface area contributed by atoms with Crippen molar-refractivity contribution in [1.29, 1.82) is 0 Å². The molecule has 1 aliphatic rings. The highest BCUT2D eigenvalue weighted by Gasteiger charge is 2.36. The minimum absolute atomic E-state index is 0.0137. The van der Waals surface area contributed by atoms with Gasteiger partial charge in [0, 0.05) is 10.0 Å². The Morgan fingerprint density at radius 2 is 2.00 bits per heavy atom. The van der Waals surface area contributed by atoms with Crippen LogP contribution in [-0.4, -0.2) is 23.2 Å². The summed E-state index contributed by atoms with van der Waals surface area (Å²) in [5.74, 6) is 0.152. The number of nitrogens with two attached hydrogens (primary N) is 2. The van der Waals surface area contributed by atoms with Gasteiger partial charge in [-0.15, -0.1) is 0 Å². The van der Waals surface area contributed by atoms with Crippen LogP contribution in [0.5, 0.6) is 0 Å². The highest BCUT2D eigenvalue weighted by Crippen LogP contribution is 2.46. The largest absolute Gasteiger partial charge is 0.513 e. The summed E-state index contributed by atoms with van der Waals surface area (Å²) in [4.78, 5) is 19.9. The molecular formula is C16H15Cl2N5O3. The number of rotatable bonds is 2. The number of hydrogen-bond acceptors (Lipinski definition) is 8. The van der Waals surface area contributed by atoms with Crippen LogP contribution >= 0.6 is 23.2 Å². The zero-order valence-electron chi connectivity index (χ0n) is 13.8. The number of halogens is 2. The molecule has 0 aliphatic carbocycles. The van der Waals surface area contributed by atoms with Crippen molar-refractivity contribution in [2.75, 3.05) is 23.9 Å². The zero-order valence-corrected chi connectivity index (χ0v) is 15.4. The highest BCUT2D eigenvalue weighted by molar-refractivity contribution is 6.35. The molecule has 0 saturated carbocycles. The number of anilines is 3. The van der Waals surface area contributed by atoms with Crippen LogP contribution in [0, 0.1) is 0 Å². The number of nitrogens with one attached hydrogen (secondary N) is 1. The number of carbonyl (C=O) groups is 1. The van der Waals surface area contributed by atoms with Gasteiger partial charge in [-0.05, 0) is 24.6 Å². The SMILES string of the molecule is COC(=O)OC1=C(C)Nc2nc(N)nc(N)c2C1c1ccc(Cl)cc1Cl. The fraction of sp³-hybridized carbons (Fsp3) is 0.188. The molecule has 26 heavy (non-hydrogen) atoms. The number of ether oxygens (including phenoxy) is 2. The fourth-order valence-corrected chi connectivity index (χ4v) is 3.29. The Kier molecular flexibility index (Phi) is 4.80. The van der Waals surface area contributed by atoms with Crippen LogP contribution in [0.3, 0.4) is 0 Å². The number of nitrogens with zero attached hydrogens (tertiary/aromatic N) is 2. The van der Waals surface area contributed by atoms with E-state index in [0.29, 0.717) is 32.7 Å². The molecule has 0 saturated heterocycles. The van der Waals surface area contributed by atoms with Gasteiger partial charge in [-0.2, -0.15) is 9.97 Å². The number of allylic oxidation sites excluding steroid dienone is 2. The molecule has 0 amide bonds. The van der Waals surface area contributed by atoms with Crippen LogP contribution in [0.2, 0.25) is 10.0 Å². The van der Waals surface area contributed by atoms with E-state index in [1.165, 1.54) is 7.11 Å². The normalized spacial score (nSPS) is 15.9. The van der Waals surface area contributed by atoms with Gasteiger partial charge in [-0.1, -0.05) is 29.3 Å². The molecule has 2 aromatic rings. The van der Waals surface area contributed by atoms with E-state index in [2.05, 4.69) is 20.0 Å². The second-order valence-corrected chi connectivity index (χ2v) is 6.34. The quantitative estimate of drug-likeness (QED) is 0.659. The second kappa shape index (κ2) is 6.89. The number of benzene rings is 1. The van der Waals surface area contributed by atoms with Crippen molar-refractivity contribution in [1.82, 2.24) is 9.97 Å². The van der Waals surface area contributed by atoms with Crippen molar-refractivity contribution < 1.29 is 14.3 Å². The lowest BCUT2D eigenvalue weighted by molar-refractivity contribution is 0.0929. The van der Waals surface area contributed by atoms with Crippen LogP contribution in [-0.2, 0) is 9.47 Å². The summed E-state index contributed by atoms with van der Waals surface area (Å²) in [6, 6.07) is 4.97. The Morgan fingerprint density at radius 1 is 1.27 bits per heavy atom. The maximum atomic E-state index is 11.7. The van der Waals surface area contributed by atoms with E-state index >= 15 is 0 Å². The molecule has 136 valence electrons. The maximum Gasteiger partial charge on any atom is 0.513 e. The van der Waals surface area contributed by atoms with Gasteiger partial charge < -0.3 is 26.3 Å². The summed E-state index contributed by atoms with van der Waals surface area (Å²) in [6.07, 6.45) is -0.880. The van der Waals surface area contributed by atoms with E-state index in [1.807, 2.05) is 0 Å². The number of methoxy groups -OCH3 is 1. The summed E-state index contributed by atoms with van der Waals surface area (Å²) in [7, 11) is 1.21. The van der Waals surface area contributed by atoms with Crippen molar-refractivity contribution in [2.24, 2.45) is 0 Å². The van der Waals surface area contributed by atoms with E-state index in [-0.39, 0.29) is 17.5 Å². The van der Waals surface area contributed by atoms with Gasteiger partial charge in [0.1, 0.15) is 17.4 Å². The van der Waals surface area contributed by atoms with E-state index in [9.17, 15) is 4.79 Å². The number of hydrogen-bond donors (Lipinski definition) is 3. The first-order chi connectivity index (χ1) is 12.3. The minimum Gasteiger partial charge on any atom is -0.437 e. The van der Waals surface area contributed by atoms with Gasteiger partial charge in [0.25, 0.3) is 0 Å². The van der Waals surface area contributed by atoms with E-state index in [0.717, 1.165) is 0 Å². The molecule has 0 radical (unpaired) electrons. The monoisotopic (exact) mass is 395 g/mol. The van der Waals surface area contributed by atoms with Crippen molar-refractivity contribution in [3.8, 4) is 0 Å². The number of carbonyl (C=O) groups excluding carboxylic acids is 1. The maximum absolute atomic E-state index is 11.7. The standard InChI is InChI=1S/C16H15Cl2N5O3/c1-6-12(26-16(24)25-2)10(8-4-3-7(17)5-9(8)18)11-13(19)22-15(20)23-14(11)21-6/h3-5,10H,1-2H3,(H5,19,20,21,22,23). The number of aromatic nitrogens is 2. The molecule has 0 bridgehead atoms. The molecular weight excluding hydrogens is 381 g/mol. The zero-order chi connectivity index (χ0) is 19.0. The molecule has 5 N–H and O–H groups in total. The Balaban J connectivity index is 2.25. The second-order valence-electron chi connectivity index (χ2n) is 5.50. The molecule has 0 fully saturated rings. The average Bonchev–Trinajstić information content (AvgIpc) is 2.56. The summed E-state index contributed by atoms with van der Waals surface area (Å²) >= 11 is 12.4. The Hall–Kier alpha value is -2.71. The van der Waals surface area contributed by atoms with Crippen molar-refractivity contribution in [3.05, 3.63) is 50.8 Å². The predicted molar refractivity (Wildman–Crippen MR) is 99.0 cm³/mol. The highest BCUT2D eigenvalue weighted by atomic mass is 35.5. The van der Waals surface area contributed by atoms with E-state index < -0.39 is 12.1 Å². The average molecular weight is 396 g/mol. The topological polar surface area (TPSA) is 125 Å². The predicted octanol–water partition coefficient (Wildman–Crippen LogP) is 3.52. The van der Waals surface area contributed by atoms with Gasteiger partial charge >= 0.3 is 6.16 Å². The summed E-state index contributed by atoms with van der Waals surface area (Å²) in [6.45, 7) is 1.71. The smallest absolute Gasteiger partial charge is 0.437 e. The van der Waals surface area contributed by atoms with Crippen LogP contribution in [0.4, 0.5) is 22.4 Å². The molecule has 0 spiro atoms. The van der Waals surface area contributed by atoms with Gasteiger partial charge in [0.2, 0.25) is 5.95 Å². The summed E-state index contributed by atoms with van der Waals surface area (Å²) in [5, 5.41) is 3.85. The molecule has 2 heterocycles. The van der Waals surface area contributed by atoms with Crippen LogP contribution in [0.15, 0.2) is 29.7 Å². The van der Waals surface area contributed by atoms with Gasteiger partial charge in [-0.3, -0.25) is 0 Å². The van der Waals surface area contributed by atoms with E-state index in [1.54, 1.807) is 25.1 Å². The lowest BCUT2D eigenvalue weighted by Gasteiger charge is -2.30. The number of nitrogen functional groups attached to an aromatic ring is 2. The fourth-order valence-electron chi connectivity index (χ4n) is 2.77. The Bertz CT molecular complexity index is 932. The van der Waals surface area contributed by atoms with Gasteiger partial charge in [0.15, 0.2) is 0 Å². The molecule has 1 unspecified atom stereocenters. The molecule has 3 rings (SSSR count). The molecule has 1 aromatic heterocycles. The van der Waals surface area contributed by atoms with Crippen LogP contribution in [0.25, 0.3) is 0 Å². The Labute approximate surface area is 159 Å². The lowest BCUT2D eigenvalue weighted by Crippen LogP contribution is -2.24. The van der Waals surface area contributed by atoms with E-state index in [4.69, 9.17) is 39.4 Å². The van der Waals surface area contributed by atoms with Crippen LogP contribution < -0.4 is 16.8 Å². The molecule has 8 nitrogen and oxygen atoms in total. The van der Waals surface area contributed by atoms with Gasteiger partial charge in [0.05, 0.1) is 24.3 Å². The van der Waals surface area contributed by atoms with Crippen molar-refractivity contribution in [2.45, 2.75) is 12.8 Å². The first-order valence-corrected chi connectivity index (χ1v) is 8.18. The first kappa shape index (κ1) is 18.1. The summed E-state index contributed by atoms with van der Waals surface area (Å²) < 4.78 is 9.98. The van der Waals surface area contributed by atoms with Crippen molar-refractivity contribution >= 4 is 46.9 Å². The molecule has 1 aromatic carbocycles. The Morgan fingerprint density at radius 3 is 2.65 bits per heavy atom. The third-order valence-electron chi connectivity index (χ3n) is 3.85. The third kappa shape index (κ3) is 3.21. The first-order valence-electron chi connectivity index (χ1n) is 7.43. The molecule has 1 aliphatic heterocycles. The lowest BCUT2D eigenvalue weighted by atomic mass is 9.87. The van der Waals surface area contributed by atoms with Gasteiger partial charge in [-0.25, -0.2) is 4.79 Å².